The third-order valence-corrected chi connectivity index (χ3v) is 6.30. The monoisotopic (exact) mass is 380 g/mol. The predicted molar refractivity (Wildman–Crippen MR) is 105 cm³/mol. The maximum absolute atomic E-state index is 13.1. The van der Waals surface area contributed by atoms with E-state index in [1.165, 1.54) is 12.1 Å². The third kappa shape index (κ3) is 3.59. The second kappa shape index (κ2) is 7.84. The molecule has 2 aliphatic rings. The number of rotatable bonds is 4. The van der Waals surface area contributed by atoms with E-state index in [1.807, 2.05) is 42.5 Å². The van der Waals surface area contributed by atoms with E-state index in [2.05, 4.69) is 10.2 Å². The first-order valence-electron chi connectivity index (χ1n) is 9.94. The molecule has 0 spiro atoms. The molecule has 2 fully saturated rings. The molecule has 2 aliphatic heterocycles. The number of imide groups is 1. The number of benzene rings is 2. The molecule has 146 valence electrons. The highest BCUT2D eigenvalue weighted by atomic mass is 19.1. The lowest BCUT2D eigenvalue weighted by Gasteiger charge is -2.45. The molecule has 1 N–H and O–H groups in total. The van der Waals surface area contributed by atoms with Crippen molar-refractivity contribution >= 4 is 11.8 Å². The highest BCUT2D eigenvalue weighted by Crippen LogP contribution is 2.44. The van der Waals surface area contributed by atoms with Crippen LogP contribution in [0, 0.1) is 11.7 Å². The first-order chi connectivity index (χ1) is 13.6. The van der Waals surface area contributed by atoms with Crippen molar-refractivity contribution in [2.24, 2.45) is 5.92 Å². The molecule has 0 aliphatic carbocycles. The smallest absolute Gasteiger partial charge is 0.237 e. The van der Waals surface area contributed by atoms with E-state index in [0.29, 0.717) is 12.8 Å². The van der Waals surface area contributed by atoms with Crippen LogP contribution in [0.4, 0.5) is 4.39 Å². The summed E-state index contributed by atoms with van der Waals surface area (Å²) in [4.78, 5) is 27.2. The Hall–Kier alpha value is -2.53. The molecule has 0 bridgehead atoms. The second-order valence-corrected chi connectivity index (χ2v) is 7.89. The number of carbonyl (C=O) groups is 2. The fraction of sp³-hybridized carbons (Fsp3) is 0.391. The third-order valence-electron chi connectivity index (χ3n) is 6.30. The normalized spacial score (nSPS) is 24.2. The van der Waals surface area contributed by atoms with Gasteiger partial charge in [-0.25, -0.2) is 4.39 Å². The van der Waals surface area contributed by atoms with Crippen LogP contribution in [0.25, 0.3) is 0 Å². The van der Waals surface area contributed by atoms with Gasteiger partial charge in [0.1, 0.15) is 5.82 Å². The summed E-state index contributed by atoms with van der Waals surface area (Å²) in [6.07, 6.45) is 2.76. The van der Waals surface area contributed by atoms with Crippen LogP contribution < -0.4 is 5.32 Å². The van der Waals surface area contributed by atoms with Crippen LogP contribution in [0.1, 0.15) is 36.8 Å². The van der Waals surface area contributed by atoms with Crippen molar-refractivity contribution in [1.82, 2.24) is 10.2 Å². The predicted octanol–water partition coefficient (Wildman–Crippen LogP) is 3.41. The average Bonchev–Trinajstić information content (AvgIpc) is 2.72. The van der Waals surface area contributed by atoms with Crippen LogP contribution in [-0.2, 0) is 21.5 Å². The SMILES string of the molecule is O=C1CC[C@](c2ccccc2)(C2CCN(Cc3ccc(F)cc3)CC2)C(=O)N1. The maximum atomic E-state index is 13.1. The summed E-state index contributed by atoms with van der Waals surface area (Å²) in [6.45, 7) is 2.56. The van der Waals surface area contributed by atoms with Crippen molar-refractivity contribution in [2.75, 3.05) is 13.1 Å². The number of hydrogen-bond donors (Lipinski definition) is 1. The van der Waals surface area contributed by atoms with Crippen molar-refractivity contribution in [1.29, 1.82) is 0 Å². The fourth-order valence-electron chi connectivity index (χ4n) is 4.79. The maximum Gasteiger partial charge on any atom is 0.237 e. The molecule has 5 heteroatoms. The molecule has 0 unspecified atom stereocenters. The van der Waals surface area contributed by atoms with Crippen LogP contribution >= 0.6 is 0 Å². The van der Waals surface area contributed by atoms with Crippen molar-refractivity contribution in [3.05, 3.63) is 71.5 Å². The molecule has 0 saturated carbocycles. The summed E-state index contributed by atoms with van der Waals surface area (Å²) in [5, 5.41) is 2.60. The zero-order valence-corrected chi connectivity index (χ0v) is 15.9. The van der Waals surface area contributed by atoms with Crippen LogP contribution in [0.15, 0.2) is 54.6 Å². The van der Waals surface area contributed by atoms with Gasteiger partial charge in [-0.1, -0.05) is 42.5 Å². The van der Waals surface area contributed by atoms with Gasteiger partial charge in [-0.05, 0) is 61.5 Å². The van der Waals surface area contributed by atoms with Gasteiger partial charge < -0.3 is 0 Å². The quantitative estimate of drug-likeness (QED) is 0.827. The van der Waals surface area contributed by atoms with Crippen LogP contribution in [0.5, 0.6) is 0 Å². The molecule has 2 aromatic rings. The Morgan fingerprint density at radius 2 is 1.68 bits per heavy atom. The Kier molecular flexibility index (Phi) is 5.27. The minimum atomic E-state index is -0.628. The lowest BCUT2D eigenvalue weighted by atomic mass is 9.62. The van der Waals surface area contributed by atoms with Gasteiger partial charge in [0.25, 0.3) is 0 Å². The average molecular weight is 380 g/mol. The Morgan fingerprint density at radius 3 is 2.32 bits per heavy atom. The molecule has 1 atom stereocenters. The van der Waals surface area contributed by atoms with E-state index < -0.39 is 5.41 Å². The van der Waals surface area contributed by atoms with E-state index in [1.54, 1.807) is 0 Å². The summed E-state index contributed by atoms with van der Waals surface area (Å²) in [7, 11) is 0. The van der Waals surface area contributed by atoms with Gasteiger partial charge in [-0.15, -0.1) is 0 Å². The largest absolute Gasteiger partial charge is 0.299 e. The van der Waals surface area contributed by atoms with Crippen molar-refractivity contribution < 1.29 is 14.0 Å². The summed E-state index contributed by atoms with van der Waals surface area (Å²) < 4.78 is 13.1. The highest BCUT2D eigenvalue weighted by Gasteiger charge is 2.50. The molecule has 2 aromatic carbocycles. The van der Waals surface area contributed by atoms with Crippen molar-refractivity contribution in [3.63, 3.8) is 0 Å². The van der Waals surface area contributed by atoms with Gasteiger partial charge >= 0.3 is 0 Å². The fourth-order valence-corrected chi connectivity index (χ4v) is 4.79. The zero-order chi connectivity index (χ0) is 19.6. The second-order valence-electron chi connectivity index (χ2n) is 7.89. The Labute approximate surface area is 164 Å². The summed E-state index contributed by atoms with van der Waals surface area (Å²) in [5.74, 6) is -0.338. The van der Waals surface area contributed by atoms with Gasteiger partial charge in [-0.2, -0.15) is 0 Å². The number of halogens is 1. The minimum absolute atomic E-state index is 0.146. The number of piperidine rings is 2. The Morgan fingerprint density at radius 1 is 1.00 bits per heavy atom. The van der Waals surface area contributed by atoms with Gasteiger partial charge in [0, 0.05) is 13.0 Å². The molecule has 28 heavy (non-hydrogen) atoms. The molecule has 4 nitrogen and oxygen atoms in total. The summed E-state index contributed by atoms with van der Waals surface area (Å²) in [6, 6.07) is 16.6. The molecule has 0 aromatic heterocycles. The molecule has 2 heterocycles. The van der Waals surface area contributed by atoms with E-state index in [9.17, 15) is 14.0 Å². The van der Waals surface area contributed by atoms with Gasteiger partial charge in [0.05, 0.1) is 5.41 Å². The number of hydrogen-bond acceptors (Lipinski definition) is 3. The Balaban J connectivity index is 1.51. The van der Waals surface area contributed by atoms with Gasteiger partial charge in [0.2, 0.25) is 11.8 Å². The van der Waals surface area contributed by atoms with Gasteiger partial charge in [0.15, 0.2) is 0 Å². The molecular weight excluding hydrogens is 355 g/mol. The standard InChI is InChI=1S/C23H25FN2O2/c24-20-8-6-17(7-9-20)16-26-14-11-19(12-15-26)23(18-4-2-1-3-5-18)13-10-21(27)25-22(23)28/h1-9,19H,10-16H2,(H,25,27,28)/t23-/m0/s1. The summed E-state index contributed by atoms with van der Waals surface area (Å²) in [5.41, 5.74) is 1.48. The number of carbonyl (C=O) groups excluding carboxylic acids is 2. The van der Waals surface area contributed by atoms with E-state index >= 15 is 0 Å². The van der Waals surface area contributed by atoms with E-state index in [4.69, 9.17) is 0 Å². The van der Waals surface area contributed by atoms with E-state index in [0.717, 1.165) is 43.6 Å². The number of nitrogens with zero attached hydrogens (tertiary/aromatic N) is 1. The van der Waals surface area contributed by atoms with Crippen LogP contribution in [0.3, 0.4) is 0 Å². The Bertz CT molecular complexity index is 845. The lowest BCUT2D eigenvalue weighted by Crippen LogP contribution is -2.57. The molecular formula is C23H25FN2O2. The minimum Gasteiger partial charge on any atom is -0.299 e. The highest BCUT2D eigenvalue weighted by molar-refractivity contribution is 6.03. The lowest BCUT2D eigenvalue weighted by molar-refractivity contribution is -0.140. The molecule has 2 amide bonds. The van der Waals surface area contributed by atoms with E-state index in [-0.39, 0.29) is 23.5 Å². The van der Waals surface area contributed by atoms with Crippen molar-refractivity contribution in [3.8, 4) is 0 Å². The van der Waals surface area contributed by atoms with Crippen molar-refractivity contribution in [2.45, 2.75) is 37.6 Å². The van der Waals surface area contributed by atoms with Crippen LogP contribution in [-0.4, -0.2) is 29.8 Å². The van der Waals surface area contributed by atoms with Gasteiger partial charge in [-0.3, -0.25) is 19.8 Å². The molecule has 0 radical (unpaired) electrons. The first-order valence-corrected chi connectivity index (χ1v) is 9.94. The molecule has 2 saturated heterocycles. The summed E-state index contributed by atoms with van der Waals surface area (Å²) >= 11 is 0. The number of likely N-dealkylation sites (tertiary alicyclic amines) is 1. The first kappa shape index (κ1) is 18.8. The van der Waals surface area contributed by atoms with Crippen LogP contribution in [0.2, 0.25) is 0 Å². The zero-order valence-electron chi connectivity index (χ0n) is 15.9. The topological polar surface area (TPSA) is 49.4 Å². The molecule has 4 rings (SSSR count). The number of amides is 2. The number of nitrogens with one attached hydrogen (secondary N) is 1.